The van der Waals surface area contributed by atoms with E-state index < -0.39 is 0 Å². The molecule has 5 heteroatoms. The van der Waals surface area contributed by atoms with Crippen LogP contribution in [0, 0.1) is 0 Å². The Morgan fingerprint density at radius 2 is 2.33 bits per heavy atom. The molecule has 0 amide bonds. The molecule has 0 aromatic carbocycles. The average molecular weight is 217 g/mol. The standard InChI is InChI=1S/C7H5ClN2S2/c1-11-7-9-4-2-3-12-5(4)6(8)10-7/h2-3H,1H3. The first-order chi connectivity index (χ1) is 5.81. The molecule has 0 aliphatic heterocycles. The fraction of sp³-hybridized carbons (Fsp3) is 0.143. The van der Waals surface area contributed by atoms with E-state index in [2.05, 4.69) is 9.97 Å². The van der Waals surface area contributed by atoms with Crippen LogP contribution in [0.5, 0.6) is 0 Å². The first-order valence-corrected chi connectivity index (χ1v) is 5.74. The van der Waals surface area contributed by atoms with Gasteiger partial charge in [-0.1, -0.05) is 23.4 Å². The van der Waals surface area contributed by atoms with Gasteiger partial charge in [0.15, 0.2) is 10.3 Å². The molecule has 0 saturated carbocycles. The van der Waals surface area contributed by atoms with E-state index in [0.29, 0.717) is 5.15 Å². The molecule has 2 aromatic heterocycles. The van der Waals surface area contributed by atoms with Gasteiger partial charge in [-0.2, -0.15) is 0 Å². The molecule has 2 aromatic rings. The quantitative estimate of drug-likeness (QED) is 0.416. The third kappa shape index (κ3) is 1.30. The van der Waals surface area contributed by atoms with Gasteiger partial charge in [0.2, 0.25) is 0 Å². The number of hydrogen-bond donors (Lipinski definition) is 0. The minimum atomic E-state index is 0.555. The van der Waals surface area contributed by atoms with Gasteiger partial charge in [0.05, 0.1) is 10.2 Å². The summed E-state index contributed by atoms with van der Waals surface area (Å²) < 4.78 is 0.967. The van der Waals surface area contributed by atoms with Crippen molar-refractivity contribution in [3.63, 3.8) is 0 Å². The summed E-state index contributed by atoms with van der Waals surface area (Å²) in [6.45, 7) is 0. The van der Waals surface area contributed by atoms with Gasteiger partial charge >= 0.3 is 0 Å². The van der Waals surface area contributed by atoms with E-state index in [9.17, 15) is 0 Å². The SMILES string of the molecule is CSc1nc(Cl)c2sccc2n1. The lowest BCUT2D eigenvalue weighted by atomic mass is 10.5. The monoisotopic (exact) mass is 216 g/mol. The molecular weight excluding hydrogens is 212 g/mol. The fourth-order valence-electron chi connectivity index (χ4n) is 0.899. The smallest absolute Gasteiger partial charge is 0.189 e. The lowest BCUT2D eigenvalue weighted by Crippen LogP contribution is -1.85. The molecular formula is C7H5ClN2S2. The van der Waals surface area contributed by atoms with Gasteiger partial charge < -0.3 is 0 Å². The second kappa shape index (κ2) is 3.20. The van der Waals surface area contributed by atoms with Crippen LogP contribution in [0.15, 0.2) is 16.6 Å². The molecule has 0 radical (unpaired) electrons. The van der Waals surface area contributed by atoms with Crippen LogP contribution in [-0.2, 0) is 0 Å². The second-order valence-electron chi connectivity index (χ2n) is 2.14. The van der Waals surface area contributed by atoms with Crippen molar-refractivity contribution in [3.8, 4) is 0 Å². The van der Waals surface area contributed by atoms with Crippen molar-refractivity contribution in [3.05, 3.63) is 16.6 Å². The van der Waals surface area contributed by atoms with Gasteiger partial charge in [0, 0.05) is 0 Å². The van der Waals surface area contributed by atoms with Crippen molar-refractivity contribution in [2.75, 3.05) is 6.26 Å². The van der Waals surface area contributed by atoms with Gasteiger partial charge in [-0.3, -0.25) is 0 Å². The summed E-state index contributed by atoms with van der Waals surface area (Å²) in [6.07, 6.45) is 1.93. The van der Waals surface area contributed by atoms with Crippen LogP contribution in [0.4, 0.5) is 0 Å². The topological polar surface area (TPSA) is 25.8 Å². The zero-order valence-corrected chi connectivity index (χ0v) is 8.63. The van der Waals surface area contributed by atoms with Crippen molar-refractivity contribution in [2.45, 2.75) is 5.16 Å². The van der Waals surface area contributed by atoms with Crippen LogP contribution in [0.25, 0.3) is 10.2 Å². The van der Waals surface area contributed by atoms with E-state index in [1.165, 1.54) is 11.8 Å². The Balaban J connectivity index is 2.75. The maximum absolute atomic E-state index is 5.93. The van der Waals surface area contributed by atoms with Crippen LogP contribution in [0.3, 0.4) is 0 Å². The number of halogens is 1. The molecule has 0 saturated heterocycles. The number of thioether (sulfide) groups is 1. The highest BCUT2D eigenvalue weighted by atomic mass is 35.5. The number of fused-ring (bicyclic) bond motifs is 1. The Morgan fingerprint density at radius 3 is 3.08 bits per heavy atom. The zero-order valence-electron chi connectivity index (χ0n) is 6.24. The highest BCUT2D eigenvalue weighted by Crippen LogP contribution is 2.27. The number of rotatable bonds is 1. The van der Waals surface area contributed by atoms with E-state index in [1.807, 2.05) is 17.7 Å². The Morgan fingerprint density at radius 1 is 1.50 bits per heavy atom. The van der Waals surface area contributed by atoms with Crippen LogP contribution in [-0.4, -0.2) is 16.2 Å². The van der Waals surface area contributed by atoms with Gasteiger partial charge in [-0.15, -0.1) is 11.3 Å². The predicted octanol–water partition coefficient (Wildman–Crippen LogP) is 3.07. The van der Waals surface area contributed by atoms with Gasteiger partial charge in [0.25, 0.3) is 0 Å². The largest absolute Gasteiger partial charge is 0.222 e. The average Bonchev–Trinajstić information content (AvgIpc) is 2.52. The maximum Gasteiger partial charge on any atom is 0.189 e. The van der Waals surface area contributed by atoms with E-state index in [1.54, 1.807) is 11.3 Å². The molecule has 2 heterocycles. The summed E-state index contributed by atoms with van der Waals surface area (Å²) in [6, 6.07) is 1.95. The van der Waals surface area contributed by atoms with Gasteiger partial charge in [0.1, 0.15) is 0 Å². The van der Waals surface area contributed by atoms with Crippen LogP contribution >= 0.6 is 34.7 Å². The van der Waals surface area contributed by atoms with E-state index in [0.717, 1.165) is 15.4 Å². The molecule has 0 aliphatic rings. The van der Waals surface area contributed by atoms with Gasteiger partial charge in [-0.25, -0.2) is 9.97 Å². The molecule has 62 valence electrons. The summed E-state index contributed by atoms with van der Waals surface area (Å²) in [5, 5.41) is 3.25. The van der Waals surface area contributed by atoms with Crippen molar-refractivity contribution in [2.24, 2.45) is 0 Å². The molecule has 0 aliphatic carbocycles. The minimum Gasteiger partial charge on any atom is -0.222 e. The third-order valence-corrected chi connectivity index (χ3v) is 3.27. The summed E-state index contributed by atoms with van der Waals surface area (Å²) >= 11 is 8.99. The van der Waals surface area contributed by atoms with E-state index in [4.69, 9.17) is 11.6 Å². The highest BCUT2D eigenvalue weighted by molar-refractivity contribution is 7.98. The molecule has 0 unspecified atom stereocenters. The summed E-state index contributed by atoms with van der Waals surface area (Å²) in [5.41, 5.74) is 0.935. The summed E-state index contributed by atoms with van der Waals surface area (Å²) in [5.74, 6) is 0. The van der Waals surface area contributed by atoms with Crippen LogP contribution in [0.2, 0.25) is 5.15 Å². The number of aromatic nitrogens is 2. The van der Waals surface area contributed by atoms with Crippen molar-refractivity contribution in [1.82, 2.24) is 9.97 Å². The Kier molecular flexibility index (Phi) is 2.21. The summed E-state index contributed by atoms with van der Waals surface area (Å²) in [7, 11) is 0. The highest BCUT2D eigenvalue weighted by Gasteiger charge is 2.05. The lowest BCUT2D eigenvalue weighted by molar-refractivity contribution is 1.01. The van der Waals surface area contributed by atoms with Crippen LogP contribution in [0.1, 0.15) is 0 Å². The molecule has 12 heavy (non-hydrogen) atoms. The summed E-state index contributed by atoms with van der Waals surface area (Å²) in [4.78, 5) is 8.41. The predicted molar refractivity (Wildman–Crippen MR) is 54.2 cm³/mol. The third-order valence-electron chi connectivity index (χ3n) is 1.42. The molecule has 2 rings (SSSR count). The lowest BCUT2D eigenvalue weighted by Gasteiger charge is -1.95. The molecule has 2 nitrogen and oxygen atoms in total. The molecule has 0 bridgehead atoms. The molecule has 0 fully saturated rings. The Bertz CT molecular complexity index is 413. The number of nitrogens with zero attached hydrogens (tertiary/aromatic N) is 2. The van der Waals surface area contributed by atoms with Gasteiger partial charge in [-0.05, 0) is 17.7 Å². The van der Waals surface area contributed by atoms with Crippen molar-refractivity contribution < 1.29 is 0 Å². The Hall–Kier alpha value is -0.320. The number of hydrogen-bond acceptors (Lipinski definition) is 4. The zero-order chi connectivity index (χ0) is 8.55. The van der Waals surface area contributed by atoms with Crippen molar-refractivity contribution in [1.29, 1.82) is 0 Å². The second-order valence-corrected chi connectivity index (χ2v) is 4.18. The first-order valence-electron chi connectivity index (χ1n) is 3.26. The number of thiophene rings is 1. The minimum absolute atomic E-state index is 0.555. The molecule has 0 N–H and O–H groups in total. The maximum atomic E-state index is 5.93. The van der Waals surface area contributed by atoms with E-state index >= 15 is 0 Å². The molecule has 0 atom stereocenters. The fourth-order valence-corrected chi connectivity index (χ4v) is 2.34. The Labute approximate surface area is 83.0 Å². The normalized spacial score (nSPS) is 10.8. The van der Waals surface area contributed by atoms with Crippen molar-refractivity contribution >= 4 is 44.9 Å². The molecule has 0 spiro atoms. The van der Waals surface area contributed by atoms with E-state index in [-0.39, 0.29) is 0 Å². The first kappa shape index (κ1) is 8.29. The van der Waals surface area contributed by atoms with Crippen LogP contribution < -0.4 is 0 Å².